The summed E-state index contributed by atoms with van der Waals surface area (Å²) in [6, 6.07) is 2.12. The summed E-state index contributed by atoms with van der Waals surface area (Å²) in [5.41, 5.74) is 2.40. The van der Waals surface area contributed by atoms with E-state index in [4.69, 9.17) is 0 Å². The predicted octanol–water partition coefficient (Wildman–Crippen LogP) is 3.63. The van der Waals surface area contributed by atoms with E-state index in [1.165, 1.54) is 0 Å². The molecule has 152 valence electrons. The van der Waals surface area contributed by atoms with Crippen LogP contribution < -0.4 is 5.32 Å². The van der Waals surface area contributed by atoms with Crippen LogP contribution in [0.15, 0.2) is 12.3 Å². The highest BCUT2D eigenvalue weighted by Gasteiger charge is 2.26. The first kappa shape index (κ1) is 23.7. The van der Waals surface area contributed by atoms with Gasteiger partial charge >= 0.3 is 0 Å². The Labute approximate surface area is 173 Å². The van der Waals surface area contributed by atoms with Gasteiger partial charge < -0.3 is 10.2 Å². The molecule has 1 saturated heterocycles. The Morgan fingerprint density at radius 2 is 1.96 bits per heavy atom. The smallest absolute Gasteiger partial charge is 0.254 e. The molecule has 27 heavy (non-hydrogen) atoms. The summed E-state index contributed by atoms with van der Waals surface area (Å²) in [4.78, 5) is 19.7. The summed E-state index contributed by atoms with van der Waals surface area (Å²) in [6.07, 6.45) is 3.92. The normalized spacial score (nSPS) is 14.9. The molecular weight excluding hydrogens is 385 g/mol. The summed E-state index contributed by atoms with van der Waals surface area (Å²) >= 11 is 0. The lowest BCUT2D eigenvalue weighted by atomic mass is 9.96. The van der Waals surface area contributed by atoms with E-state index in [-0.39, 0.29) is 36.8 Å². The van der Waals surface area contributed by atoms with Crippen LogP contribution in [0.2, 0.25) is 0 Å². The third-order valence-electron chi connectivity index (χ3n) is 5.00. The number of hydrogen-bond donors (Lipinski definition) is 1. The van der Waals surface area contributed by atoms with Crippen molar-refractivity contribution < 1.29 is 4.79 Å². The molecule has 0 unspecified atom stereocenters. The highest BCUT2D eigenvalue weighted by Crippen LogP contribution is 2.24. The number of hydrogen-bond acceptors (Lipinski definition) is 4. The zero-order valence-electron chi connectivity index (χ0n) is 16.6. The van der Waals surface area contributed by atoms with Crippen molar-refractivity contribution in [3.05, 3.63) is 23.5 Å². The number of carbonyl (C=O) groups is 1. The van der Waals surface area contributed by atoms with Crippen LogP contribution in [0.25, 0.3) is 11.0 Å². The fourth-order valence-electron chi connectivity index (χ4n) is 3.56. The van der Waals surface area contributed by atoms with Gasteiger partial charge in [-0.3, -0.25) is 4.79 Å². The third-order valence-corrected chi connectivity index (χ3v) is 5.00. The van der Waals surface area contributed by atoms with Crippen LogP contribution in [-0.2, 0) is 0 Å². The van der Waals surface area contributed by atoms with Crippen LogP contribution in [-0.4, -0.2) is 51.8 Å². The van der Waals surface area contributed by atoms with E-state index in [0.29, 0.717) is 5.92 Å². The summed E-state index contributed by atoms with van der Waals surface area (Å²) in [7, 11) is 0. The minimum atomic E-state index is 0. The lowest BCUT2D eigenvalue weighted by molar-refractivity contribution is 0.0692. The monoisotopic (exact) mass is 415 g/mol. The van der Waals surface area contributed by atoms with E-state index in [1.807, 2.05) is 22.6 Å². The minimum absolute atomic E-state index is 0. The van der Waals surface area contributed by atoms with Crippen molar-refractivity contribution in [2.75, 3.05) is 26.2 Å². The number of nitrogens with zero attached hydrogens (tertiary/aromatic N) is 4. The first-order chi connectivity index (χ1) is 12.0. The number of nitrogens with one attached hydrogen (secondary N) is 1. The molecule has 0 aliphatic carbocycles. The highest BCUT2D eigenvalue weighted by atomic mass is 35.5. The number of carbonyl (C=O) groups excluding carboxylic acids is 1. The van der Waals surface area contributed by atoms with Crippen LogP contribution in [0, 0.1) is 12.8 Å². The van der Waals surface area contributed by atoms with Crippen molar-refractivity contribution in [3.63, 3.8) is 0 Å². The molecule has 2 aromatic heterocycles. The Hall–Kier alpha value is -1.37. The van der Waals surface area contributed by atoms with Gasteiger partial charge in [-0.25, -0.2) is 9.67 Å². The molecule has 0 spiro atoms. The topological polar surface area (TPSA) is 63.1 Å². The van der Waals surface area contributed by atoms with Crippen LogP contribution in [0.1, 0.15) is 55.7 Å². The van der Waals surface area contributed by atoms with E-state index in [2.05, 4.69) is 36.2 Å². The zero-order chi connectivity index (χ0) is 18.0. The SMILES string of the molecule is CCNCC1CCN(C(=O)c2cc(C)nc3c2cnn3C(C)C)CC1.Cl.Cl. The van der Waals surface area contributed by atoms with Crippen molar-refractivity contribution in [2.24, 2.45) is 5.92 Å². The largest absolute Gasteiger partial charge is 0.339 e. The summed E-state index contributed by atoms with van der Waals surface area (Å²) in [5, 5.41) is 8.72. The van der Waals surface area contributed by atoms with Gasteiger partial charge in [0.1, 0.15) is 0 Å². The molecule has 1 fully saturated rings. The van der Waals surface area contributed by atoms with Crippen LogP contribution in [0.4, 0.5) is 0 Å². The number of likely N-dealkylation sites (tertiary alicyclic amines) is 1. The molecule has 6 nitrogen and oxygen atoms in total. The number of pyridine rings is 1. The van der Waals surface area contributed by atoms with Crippen molar-refractivity contribution in [1.29, 1.82) is 0 Å². The average Bonchev–Trinajstić information content (AvgIpc) is 3.03. The maximum absolute atomic E-state index is 13.1. The number of rotatable bonds is 5. The van der Waals surface area contributed by atoms with Crippen molar-refractivity contribution in [3.8, 4) is 0 Å². The van der Waals surface area contributed by atoms with E-state index in [9.17, 15) is 4.79 Å². The van der Waals surface area contributed by atoms with Gasteiger partial charge in [0.05, 0.1) is 17.1 Å². The second kappa shape index (κ2) is 10.2. The number of halogens is 2. The molecule has 8 heteroatoms. The number of piperidine rings is 1. The van der Waals surface area contributed by atoms with Crippen molar-refractivity contribution >= 4 is 41.8 Å². The third kappa shape index (κ3) is 5.12. The summed E-state index contributed by atoms with van der Waals surface area (Å²) < 4.78 is 1.89. The zero-order valence-corrected chi connectivity index (χ0v) is 18.2. The molecule has 2 aromatic rings. The van der Waals surface area contributed by atoms with Gasteiger partial charge in [-0.1, -0.05) is 6.92 Å². The van der Waals surface area contributed by atoms with Gasteiger partial charge in [0, 0.05) is 24.8 Å². The van der Waals surface area contributed by atoms with Gasteiger partial charge in [-0.2, -0.15) is 5.10 Å². The highest BCUT2D eigenvalue weighted by molar-refractivity contribution is 6.05. The van der Waals surface area contributed by atoms with Gasteiger partial charge in [-0.15, -0.1) is 24.8 Å². The van der Waals surface area contributed by atoms with Gasteiger partial charge in [0.25, 0.3) is 5.91 Å². The molecule has 0 saturated carbocycles. The van der Waals surface area contributed by atoms with E-state index >= 15 is 0 Å². The summed E-state index contributed by atoms with van der Waals surface area (Å²) in [6.45, 7) is 11.9. The molecule has 3 heterocycles. The Bertz CT molecular complexity index is 754. The standard InChI is InChI=1S/C19H29N5O.2ClH/c1-5-20-11-15-6-8-23(9-7-15)19(25)16-10-14(4)22-18-17(16)12-21-24(18)13(2)3;;/h10,12-13,15,20H,5-9,11H2,1-4H3;2*1H. The minimum Gasteiger partial charge on any atom is -0.339 e. The average molecular weight is 416 g/mol. The Morgan fingerprint density at radius 1 is 1.30 bits per heavy atom. The lowest BCUT2D eigenvalue weighted by Gasteiger charge is -2.32. The number of fused-ring (bicyclic) bond motifs is 1. The van der Waals surface area contributed by atoms with Gasteiger partial charge in [0.2, 0.25) is 0 Å². The van der Waals surface area contributed by atoms with Gasteiger partial charge in [0.15, 0.2) is 5.65 Å². The van der Waals surface area contributed by atoms with E-state index < -0.39 is 0 Å². The lowest BCUT2D eigenvalue weighted by Crippen LogP contribution is -2.40. The number of aryl methyl sites for hydroxylation is 1. The first-order valence-corrected chi connectivity index (χ1v) is 9.36. The van der Waals surface area contributed by atoms with E-state index in [1.54, 1.807) is 6.20 Å². The molecule has 1 N–H and O–H groups in total. The maximum atomic E-state index is 13.1. The molecule has 1 aliphatic rings. The fourth-order valence-corrected chi connectivity index (χ4v) is 3.56. The van der Waals surface area contributed by atoms with Crippen molar-refractivity contribution in [1.82, 2.24) is 25.0 Å². The molecule has 0 aromatic carbocycles. The van der Waals surface area contributed by atoms with E-state index in [0.717, 1.165) is 61.3 Å². The molecule has 1 aliphatic heterocycles. The molecular formula is C19H31Cl2N5O. The fraction of sp³-hybridized carbons (Fsp3) is 0.632. The van der Waals surface area contributed by atoms with Crippen LogP contribution in [0.5, 0.6) is 0 Å². The molecule has 3 rings (SSSR count). The molecule has 0 bridgehead atoms. The van der Waals surface area contributed by atoms with Crippen LogP contribution >= 0.6 is 24.8 Å². The Kier molecular flexibility index (Phi) is 8.99. The Morgan fingerprint density at radius 3 is 2.56 bits per heavy atom. The predicted molar refractivity (Wildman–Crippen MR) is 114 cm³/mol. The summed E-state index contributed by atoms with van der Waals surface area (Å²) in [5.74, 6) is 0.785. The maximum Gasteiger partial charge on any atom is 0.254 e. The second-order valence-electron chi connectivity index (χ2n) is 7.27. The van der Waals surface area contributed by atoms with Crippen LogP contribution in [0.3, 0.4) is 0 Å². The van der Waals surface area contributed by atoms with Crippen molar-refractivity contribution in [2.45, 2.75) is 46.6 Å². The quantitative estimate of drug-likeness (QED) is 0.809. The molecule has 1 amide bonds. The number of amides is 1. The molecule has 0 radical (unpaired) electrons. The second-order valence-corrected chi connectivity index (χ2v) is 7.27. The number of aromatic nitrogens is 3. The van der Waals surface area contributed by atoms with Gasteiger partial charge in [-0.05, 0) is 58.7 Å². The molecule has 0 atom stereocenters. The first-order valence-electron chi connectivity index (χ1n) is 9.36. The Balaban J connectivity index is 0.00000182.